The predicted molar refractivity (Wildman–Crippen MR) is 93.3 cm³/mol. The van der Waals surface area contributed by atoms with Crippen LogP contribution in [0.25, 0.3) is 10.9 Å². The molecule has 0 bridgehead atoms. The maximum absolute atomic E-state index is 12.2. The fourth-order valence-electron chi connectivity index (χ4n) is 2.49. The van der Waals surface area contributed by atoms with Crippen molar-refractivity contribution >= 4 is 32.5 Å². The highest BCUT2D eigenvalue weighted by Crippen LogP contribution is 2.19. The van der Waals surface area contributed by atoms with Gasteiger partial charge in [0.15, 0.2) is 0 Å². The Kier molecular flexibility index (Phi) is 4.37. The summed E-state index contributed by atoms with van der Waals surface area (Å²) in [5, 5.41) is 3.79. The van der Waals surface area contributed by atoms with E-state index in [1.54, 1.807) is 12.1 Å². The quantitative estimate of drug-likeness (QED) is 0.663. The first-order chi connectivity index (χ1) is 11.5. The zero-order valence-corrected chi connectivity index (χ0v) is 13.9. The van der Waals surface area contributed by atoms with Crippen molar-refractivity contribution in [2.24, 2.45) is 0 Å². The maximum Gasteiger partial charge on any atom is 0.240 e. The molecule has 124 valence electrons. The number of hydrogen-bond acceptors (Lipinski definition) is 3. The Labute approximate surface area is 139 Å². The van der Waals surface area contributed by atoms with Gasteiger partial charge in [0.1, 0.15) is 0 Å². The summed E-state index contributed by atoms with van der Waals surface area (Å²) in [6.45, 7) is 0. The molecule has 0 aliphatic carbocycles. The monoisotopic (exact) mass is 343 g/mol. The van der Waals surface area contributed by atoms with Crippen LogP contribution < -0.4 is 10.0 Å². The smallest absolute Gasteiger partial charge is 0.240 e. The van der Waals surface area contributed by atoms with Gasteiger partial charge in [-0.25, -0.2) is 13.1 Å². The average molecular weight is 343 g/mol. The molecule has 3 N–H and O–H groups in total. The van der Waals surface area contributed by atoms with E-state index in [4.69, 9.17) is 0 Å². The fourth-order valence-corrected chi connectivity index (χ4v) is 3.22. The highest BCUT2D eigenvalue weighted by atomic mass is 32.2. The van der Waals surface area contributed by atoms with Crippen molar-refractivity contribution in [3.8, 4) is 0 Å². The molecular weight excluding hydrogens is 326 g/mol. The number of benzene rings is 2. The van der Waals surface area contributed by atoms with Crippen molar-refractivity contribution in [1.82, 2.24) is 9.71 Å². The molecule has 6 nitrogen and oxygen atoms in total. The molecule has 0 atom stereocenters. The van der Waals surface area contributed by atoms with Crippen molar-refractivity contribution in [2.45, 2.75) is 11.3 Å². The molecule has 2 aromatic carbocycles. The first kappa shape index (κ1) is 16.2. The topological polar surface area (TPSA) is 91.1 Å². The van der Waals surface area contributed by atoms with Gasteiger partial charge in [0.25, 0.3) is 0 Å². The lowest BCUT2D eigenvalue weighted by atomic mass is 10.1. The first-order valence-corrected chi connectivity index (χ1v) is 8.86. The second-order valence-electron chi connectivity index (χ2n) is 5.32. The van der Waals surface area contributed by atoms with E-state index in [0.717, 1.165) is 16.5 Å². The highest BCUT2D eigenvalue weighted by molar-refractivity contribution is 7.89. The van der Waals surface area contributed by atoms with Crippen LogP contribution in [0.3, 0.4) is 0 Å². The number of carbonyl (C=O) groups is 1. The summed E-state index contributed by atoms with van der Waals surface area (Å²) in [6.07, 6.45) is 2.06. The van der Waals surface area contributed by atoms with E-state index >= 15 is 0 Å². The minimum absolute atomic E-state index is 0.152. The Morgan fingerprint density at radius 2 is 1.79 bits per heavy atom. The van der Waals surface area contributed by atoms with Crippen LogP contribution in [0.15, 0.2) is 59.6 Å². The first-order valence-electron chi connectivity index (χ1n) is 7.38. The van der Waals surface area contributed by atoms with Crippen LogP contribution in [0, 0.1) is 0 Å². The van der Waals surface area contributed by atoms with Crippen LogP contribution in [-0.2, 0) is 21.2 Å². The molecule has 0 unspecified atom stereocenters. The van der Waals surface area contributed by atoms with Crippen molar-refractivity contribution in [2.75, 3.05) is 12.4 Å². The number of rotatable bonds is 5. The lowest BCUT2D eigenvalue weighted by Crippen LogP contribution is -2.18. The number of aromatic amines is 1. The largest absolute Gasteiger partial charge is 0.361 e. The fraction of sp³-hybridized carbons (Fsp3) is 0.118. The number of sulfonamides is 1. The van der Waals surface area contributed by atoms with E-state index in [2.05, 4.69) is 15.0 Å². The summed E-state index contributed by atoms with van der Waals surface area (Å²) >= 11 is 0. The van der Waals surface area contributed by atoms with E-state index in [9.17, 15) is 13.2 Å². The third kappa shape index (κ3) is 3.32. The molecule has 1 amide bonds. The van der Waals surface area contributed by atoms with E-state index in [-0.39, 0.29) is 17.2 Å². The van der Waals surface area contributed by atoms with Gasteiger partial charge in [-0.05, 0) is 42.9 Å². The normalized spacial score (nSPS) is 11.5. The molecule has 7 heteroatoms. The molecule has 3 rings (SSSR count). The minimum atomic E-state index is -3.48. The Morgan fingerprint density at radius 1 is 1.08 bits per heavy atom. The molecule has 0 aliphatic heterocycles. The highest BCUT2D eigenvalue weighted by Gasteiger charge is 2.12. The Balaban J connectivity index is 1.71. The van der Waals surface area contributed by atoms with Gasteiger partial charge in [0.2, 0.25) is 15.9 Å². The van der Waals surface area contributed by atoms with Crippen molar-refractivity contribution in [3.05, 3.63) is 60.3 Å². The Hall–Kier alpha value is -2.64. The van der Waals surface area contributed by atoms with Gasteiger partial charge in [-0.2, -0.15) is 0 Å². The van der Waals surface area contributed by atoms with Gasteiger partial charge in [0, 0.05) is 22.8 Å². The molecule has 1 heterocycles. The summed E-state index contributed by atoms with van der Waals surface area (Å²) in [4.78, 5) is 15.5. The zero-order chi connectivity index (χ0) is 17.2. The third-order valence-electron chi connectivity index (χ3n) is 3.74. The van der Waals surface area contributed by atoms with Crippen molar-refractivity contribution in [3.63, 3.8) is 0 Å². The molecule has 0 saturated carbocycles. The zero-order valence-electron chi connectivity index (χ0n) is 13.0. The molecule has 24 heavy (non-hydrogen) atoms. The van der Waals surface area contributed by atoms with Gasteiger partial charge in [0.05, 0.1) is 11.3 Å². The molecule has 1 aromatic heterocycles. The summed E-state index contributed by atoms with van der Waals surface area (Å²) in [5.74, 6) is -0.163. The van der Waals surface area contributed by atoms with Gasteiger partial charge in [-0.15, -0.1) is 0 Å². The van der Waals surface area contributed by atoms with Crippen LogP contribution in [0.5, 0.6) is 0 Å². The van der Waals surface area contributed by atoms with E-state index in [1.165, 1.54) is 19.2 Å². The van der Waals surface area contributed by atoms with Crippen LogP contribution in [0.1, 0.15) is 5.56 Å². The summed E-state index contributed by atoms with van der Waals surface area (Å²) in [5.41, 5.74) is 2.45. The van der Waals surface area contributed by atoms with Crippen molar-refractivity contribution < 1.29 is 13.2 Å². The van der Waals surface area contributed by atoms with Gasteiger partial charge < -0.3 is 10.3 Å². The SMILES string of the molecule is CNS(=O)(=O)c1ccc(NC(=O)Cc2c[nH]c3ccccc23)cc1. The number of hydrogen-bond donors (Lipinski definition) is 3. The number of H-pyrrole nitrogens is 1. The summed E-state index contributed by atoms with van der Waals surface area (Å²) < 4.78 is 25.6. The number of para-hydroxylation sites is 1. The summed E-state index contributed by atoms with van der Waals surface area (Å²) in [7, 11) is -2.12. The average Bonchev–Trinajstić information content (AvgIpc) is 2.98. The van der Waals surface area contributed by atoms with E-state index in [0.29, 0.717) is 5.69 Å². The van der Waals surface area contributed by atoms with Crippen LogP contribution >= 0.6 is 0 Å². The molecule has 0 saturated heterocycles. The molecule has 0 aliphatic rings. The second-order valence-corrected chi connectivity index (χ2v) is 7.20. The van der Waals surface area contributed by atoms with Crippen LogP contribution in [0.4, 0.5) is 5.69 Å². The van der Waals surface area contributed by atoms with Gasteiger partial charge in [-0.1, -0.05) is 18.2 Å². The lowest BCUT2D eigenvalue weighted by Gasteiger charge is -2.07. The number of aromatic nitrogens is 1. The molecular formula is C17H17N3O3S. The van der Waals surface area contributed by atoms with Gasteiger partial charge in [-0.3, -0.25) is 4.79 Å². The minimum Gasteiger partial charge on any atom is -0.361 e. The van der Waals surface area contributed by atoms with Crippen LogP contribution in [-0.4, -0.2) is 26.4 Å². The number of amides is 1. The molecule has 0 spiro atoms. The molecule has 0 fully saturated rings. The van der Waals surface area contributed by atoms with Crippen molar-refractivity contribution in [1.29, 1.82) is 0 Å². The van der Waals surface area contributed by atoms with E-state index < -0.39 is 10.0 Å². The standard InChI is InChI=1S/C17H17N3O3S/c1-18-24(22,23)14-8-6-13(7-9-14)20-17(21)10-12-11-19-16-5-3-2-4-15(12)16/h2-9,11,18-19H,10H2,1H3,(H,20,21). The molecule has 0 radical (unpaired) electrons. The number of nitrogens with one attached hydrogen (secondary N) is 3. The lowest BCUT2D eigenvalue weighted by molar-refractivity contribution is -0.115. The number of anilines is 1. The Bertz CT molecular complexity index is 976. The van der Waals surface area contributed by atoms with Gasteiger partial charge >= 0.3 is 0 Å². The second kappa shape index (κ2) is 6.46. The third-order valence-corrected chi connectivity index (χ3v) is 5.17. The molecule has 3 aromatic rings. The number of fused-ring (bicyclic) bond motifs is 1. The predicted octanol–water partition coefficient (Wildman–Crippen LogP) is 2.26. The summed E-state index contributed by atoms with van der Waals surface area (Å²) in [6, 6.07) is 13.8. The van der Waals surface area contributed by atoms with Crippen LogP contribution in [0.2, 0.25) is 0 Å². The van der Waals surface area contributed by atoms with E-state index in [1.807, 2.05) is 30.5 Å². The Morgan fingerprint density at radius 3 is 2.50 bits per heavy atom. The number of carbonyl (C=O) groups excluding carboxylic acids is 1. The maximum atomic E-state index is 12.2.